The molecule has 1 fully saturated rings. The van der Waals surface area contributed by atoms with Crippen molar-refractivity contribution in [3.63, 3.8) is 0 Å². The Bertz CT molecular complexity index is 458. The van der Waals surface area contributed by atoms with E-state index in [0.717, 1.165) is 5.69 Å². The maximum absolute atomic E-state index is 13.1. The molecule has 2 heterocycles. The Balaban J connectivity index is 2.06. The van der Waals surface area contributed by atoms with Crippen molar-refractivity contribution < 1.29 is 13.5 Å². The van der Waals surface area contributed by atoms with E-state index in [0.29, 0.717) is 36.1 Å². The lowest BCUT2D eigenvalue weighted by atomic mass is 10.1. The largest absolute Gasteiger partial charge is 0.495 e. The number of nitrogens with zero attached hydrogens (tertiary/aromatic N) is 2. The predicted molar refractivity (Wildman–Crippen MR) is 70.0 cm³/mol. The molecule has 0 saturated carbocycles. The first-order valence-electron chi connectivity index (χ1n) is 6.21. The van der Waals surface area contributed by atoms with Crippen molar-refractivity contribution in [1.29, 1.82) is 0 Å². The van der Waals surface area contributed by atoms with Crippen LogP contribution in [0.25, 0.3) is 0 Å². The van der Waals surface area contributed by atoms with E-state index in [4.69, 9.17) is 16.3 Å². The van der Waals surface area contributed by atoms with Gasteiger partial charge >= 0.3 is 0 Å². The van der Waals surface area contributed by atoms with Crippen LogP contribution in [0.2, 0.25) is 5.02 Å². The lowest BCUT2D eigenvalue weighted by Crippen LogP contribution is -2.39. The van der Waals surface area contributed by atoms with Crippen LogP contribution in [-0.4, -0.2) is 36.0 Å². The first-order valence-corrected chi connectivity index (χ1v) is 6.59. The highest BCUT2D eigenvalue weighted by molar-refractivity contribution is 6.31. The van der Waals surface area contributed by atoms with Gasteiger partial charge in [-0.25, -0.2) is 8.78 Å². The van der Waals surface area contributed by atoms with Crippen LogP contribution in [0.1, 0.15) is 24.2 Å². The van der Waals surface area contributed by atoms with Gasteiger partial charge in [-0.1, -0.05) is 11.6 Å². The molecular weight excluding hydrogens is 274 g/mol. The zero-order valence-electron chi connectivity index (χ0n) is 11.0. The number of alkyl halides is 2. The normalized spacial score (nSPS) is 19.4. The zero-order chi connectivity index (χ0) is 14.0. The Morgan fingerprint density at radius 1 is 1.42 bits per heavy atom. The Hall–Kier alpha value is -0.940. The minimum Gasteiger partial charge on any atom is -0.495 e. The molecule has 1 saturated heterocycles. The standard InChI is InChI=1S/C13H17ClF2N2O/c1-9-12(19-2)7-10(14)11(17-9)8-18-5-3-13(15,16)4-6-18/h7H,3-6,8H2,1-2H3. The topological polar surface area (TPSA) is 25.4 Å². The number of ether oxygens (including phenoxy) is 1. The van der Waals surface area contributed by atoms with Gasteiger partial charge in [0.2, 0.25) is 0 Å². The molecule has 1 aromatic heterocycles. The van der Waals surface area contributed by atoms with Crippen LogP contribution in [0.15, 0.2) is 6.07 Å². The number of likely N-dealkylation sites (tertiary alicyclic amines) is 1. The van der Waals surface area contributed by atoms with Gasteiger partial charge in [0.1, 0.15) is 5.75 Å². The van der Waals surface area contributed by atoms with E-state index in [1.54, 1.807) is 13.2 Å². The molecule has 0 radical (unpaired) electrons. The Morgan fingerprint density at radius 2 is 2.05 bits per heavy atom. The van der Waals surface area contributed by atoms with Gasteiger partial charge in [-0.3, -0.25) is 9.88 Å². The molecule has 3 nitrogen and oxygen atoms in total. The van der Waals surface area contributed by atoms with Crippen LogP contribution >= 0.6 is 11.6 Å². The van der Waals surface area contributed by atoms with Gasteiger partial charge in [-0.2, -0.15) is 0 Å². The molecule has 1 aromatic rings. The Morgan fingerprint density at radius 3 is 2.63 bits per heavy atom. The third-order valence-electron chi connectivity index (χ3n) is 3.37. The fourth-order valence-corrected chi connectivity index (χ4v) is 2.38. The molecular formula is C13H17ClF2N2O. The molecule has 1 aliphatic rings. The van der Waals surface area contributed by atoms with Crippen molar-refractivity contribution in [3.05, 3.63) is 22.5 Å². The van der Waals surface area contributed by atoms with Gasteiger partial charge in [0.05, 0.1) is 23.5 Å². The molecule has 0 bridgehead atoms. The van der Waals surface area contributed by atoms with Crippen LogP contribution in [0.3, 0.4) is 0 Å². The summed E-state index contributed by atoms with van der Waals surface area (Å²) in [6, 6.07) is 1.72. The number of rotatable bonds is 3. The van der Waals surface area contributed by atoms with Gasteiger partial charge in [0.25, 0.3) is 5.92 Å². The number of hydrogen-bond acceptors (Lipinski definition) is 3. The second-order valence-corrected chi connectivity index (χ2v) is 5.24. The third kappa shape index (κ3) is 3.54. The van der Waals surface area contributed by atoms with Crippen molar-refractivity contribution in [2.45, 2.75) is 32.2 Å². The summed E-state index contributed by atoms with van der Waals surface area (Å²) in [5.74, 6) is -1.89. The van der Waals surface area contributed by atoms with Crippen LogP contribution in [-0.2, 0) is 6.54 Å². The molecule has 0 spiro atoms. The van der Waals surface area contributed by atoms with Crippen molar-refractivity contribution in [3.8, 4) is 5.75 Å². The summed E-state index contributed by atoms with van der Waals surface area (Å²) in [6.07, 6.45) is -0.195. The van der Waals surface area contributed by atoms with Gasteiger partial charge in [-0.05, 0) is 6.92 Å². The number of pyridine rings is 1. The Labute approximate surface area is 116 Å². The van der Waals surface area contributed by atoms with Crippen molar-refractivity contribution in [2.24, 2.45) is 0 Å². The summed E-state index contributed by atoms with van der Waals surface area (Å²) >= 11 is 6.14. The molecule has 0 amide bonds. The van der Waals surface area contributed by atoms with Crippen molar-refractivity contribution >= 4 is 11.6 Å². The summed E-state index contributed by atoms with van der Waals surface area (Å²) in [7, 11) is 1.56. The van der Waals surface area contributed by atoms with Crippen LogP contribution in [0.4, 0.5) is 8.78 Å². The SMILES string of the molecule is COc1cc(Cl)c(CN2CCC(F)(F)CC2)nc1C. The van der Waals surface area contributed by atoms with E-state index in [2.05, 4.69) is 4.98 Å². The van der Waals surface area contributed by atoms with Gasteiger partial charge in [0.15, 0.2) is 0 Å². The molecule has 2 rings (SSSR count). The minimum absolute atomic E-state index is 0.0975. The summed E-state index contributed by atoms with van der Waals surface area (Å²) in [5, 5.41) is 0.514. The monoisotopic (exact) mass is 290 g/mol. The molecule has 0 N–H and O–H groups in total. The smallest absolute Gasteiger partial charge is 0.250 e. The second-order valence-electron chi connectivity index (χ2n) is 4.84. The number of aromatic nitrogens is 1. The summed E-state index contributed by atoms with van der Waals surface area (Å²) in [6.45, 7) is 3.08. The quantitative estimate of drug-likeness (QED) is 0.854. The first-order chi connectivity index (χ1) is 8.91. The van der Waals surface area contributed by atoms with Crippen LogP contribution in [0.5, 0.6) is 5.75 Å². The molecule has 19 heavy (non-hydrogen) atoms. The molecule has 0 aromatic carbocycles. The van der Waals surface area contributed by atoms with E-state index >= 15 is 0 Å². The van der Waals surface area contributed by atoms with Crippen LogP contribution in [0, 0.1) is 6.92 Å². The van der Waals surface area contributed by atoms with E-state index in [9.17, 15) is 8.78 Å². The molecule has 0 atom stereocenters. The fraction of sp³-hybridized carbons (Fsp3) is 0.615. The van der Waals surface area contributed by atoms with Gasteiger partial charge < -0.3 is 4.74 Å². The lowest BCUT2D eigenvalue weighted by molar-refractivity contribution is -0.0568. The summed E-state index contributed by atoms with van der Waals surface area (Å²) in [4.78, 5) is 6.34. The van der Waals surface area contributed by atoms with Gasteiger partial charge in [-0.15, -0.1) is 0 Å². The average molecular weight is 291 g/mol. The average Bonchev–Trinajstić information content (AvgIpc) is 2.36. The van der Waals surface area contributed by atoms with E-state index in [1.807, 2.05) is 11.8 Å². The number of aryl methyl sites for hydroxylation is 1. The van der Waals surface area contributed by atoms with Crippen LogP contribution < -0.4 is 4.74 Å². The number of halogens is 3. The van der Waals surface area contributed by atoms with Crippen molar-refractivity contribution in [1.82, 2.24) is 9.88 Å². The summed E-state index contributed by atoms with van der Waals surface area (Å²) < 4.78 is 31.3. The maximum Gasteiger partial charge on any atom is 0.250 e. The minimum atomic E-state index is -2.52. The number of methoxy groups -OCH3 is 1. The van der Waals surface area contributed by atoms with E-state index in [1.165, 1.54) is 0 Å². The molecule has 1 aliphatic heterocycles. The summed E-state index contributed by atoms with van der Waals surface area (Å²) in [5.41, 5.74) is 1.47. The maximum atomic E-state index is 13.1. The predicted octanol–water partition coefficient (Wildman–Crippen LogP) is 3.28. The third-order valence-corrected chi connectivity index (χ3v) is 3.70. The number of hydrogen-bond donors (Lipinski definition) is 0. The highest BCUT2D eigenvalue weighted by Gasteiger charge is 2.34. The fourth-order valence-electron chi connectivity index (χ4n) is 2.18. The second kappa shape index (κ2) is 5.59. The first kappa shape index (κ1) is 14.5. The molecule has 0 aliphatic carbocycles. The van der Waals surface area contributed by atoms with Crippen molar-refractivity contribution in [2.75, 3.05) is 20.2 Å². The number of piperidine rings is 1. The molecule has 106 valence electrons. The highest BCUT2D eigenvalue weighted by Crippen LogP contribution is 2.30. The lowest BCUT2D eigenvalue weighted by Gasteiger charge is -2.31. The zero-order valence-corrected chi connectivity index (χ0v) is 11.8. The Kier molecular flexibility index (Phi) is 4.26. The highest BCUT2D eigenvalue weighted by atomic mass is 35.5. The molecule has 0 unspecified atom stereocenters. The molecule has 6 heteroatoms. The van der Waals surface area contributed by atoms with Gasteiger partial charge in [0, 0.05) is 38.5 Å². The van der Waals surface area contributed by atoms with E-state index < -0.39 is 5.92 Å². The van der Waals surface area contributed by atoms with E-state index in [-0.39, 0.29) is 12.8 Å².